The van der Waals surface area contributed by atoms with Crippen molar-refractivity contribution in [1.82, 2.24) is 33.9 Å². The maximum atomic E-state index is 5.77. The van der Waals surface area contributed by atoms with E-state index in [4.69, 9.17) is 19.9 Å². The highest BCUT2D eigenvalue weighted by Crippen LogP contribution is 2.41. The van der Waals surface area contributed by atoms with E-state index in [1.807, 2.05) is 39.3 Å². The average molecular weight is 497 g/mol. The zero-order chi connectivity index (χ0) is 25.5. The first-order valence-electron chi connectivity index (χ1n) is 12.8. The lowest BCUT2D eigenvalue weighted by Crippen LogP contribution is -2.40. The minimum Gasteiger partial charge on any atom is -0.380 e. The molecule has 6 rings (SSSR count). The second-order valence-electron chi connectivity index (χ2n) is 9.92. The molecule has 9 nitrogen and oxygen atoms in total. The number of piperidine rings is 1. The van der Waals surface area contributed by atoms with Gasteiger partial charge in [-0.2, -0.15) is 5.10 Å². The molecular weight excluding hydrogens is 464 g/mol. The van der Waals surface area contributed by atoms with Gasteiger partial charge in [0.05, 0.1) is 11.8 Å². The van der Waals surface area contributed by atoms with Crippen molar-refractivity contribution >= 4 is 11.3 Å². The molecule has 0 radical (unpaired) electrons. The van der Waals surface area contributed by atoms with Gasteiger partial charge in [-0.25, -0.2) is 14.5 Å². The third kappa shape index (κ3) is 4.19. The highest BCUT2D eigenvalue weighted by Gasteiger charge is 2.28. The molecule has 0 saturated carbocycles. The van der Waals surface area contributed by atoms with Crippen molar-refractivity contribution < 1.29 is 4.74 Å². The van der Waals surface area contributed by atoms with Gasteiger partial charge in [-0.15, -0.1) is 5.10 Å². The van der Waals surface area contributed by atoms with Crippen molar-refractivity contribution in [2.75, 3.05) is 25.1 Å². The lowest BCUT2D eigenvalue weighted by molar-refractivity contribution is 0.0892. The smallest absolute Gasteiger partial charge is 0.218 e. The van der Waals surface area contributed by atoms with Gasteiger partial charge in [0, 0.05) is 69.2 Å². The number of aromatic nitrogens is 7. The number of hydrogen-bond acceptors (Lipinski definition) is 6. The van der Waals surface area contributed by atoms with Crippen LogP contribution in [0.2, 0.25) is 0 Å². The standard InChI is InChI=1S/C28H32N8O/c1-19(2)35-15-12-23(31-35)22-18-36-25(24(22)20-9-6-5-7-10-20)27(34-14-8-11-21(17-34)37-4)30-26(32-36)28-29-13-16-33(28)3/h5-7,9-10,12-13,15-16,18-19,21H,8,11,14,17H2,1-4H3/t21-/m1/s1. The van der Waals surface area contributed by atoms with Crippen molar-refractivity contribution in [1.29, 1.82) is 0 Å². The topological polar surface area (TPSA) is 78.3 Å². The molecule has 1 aliphatic rings. The Labute approximate surface area is 216 Å². The summed E-state index contributed by atoms with van der Waals surface area (Å²) < 4.78 is 11.7. The van der Waals surface area contributed by atoms with Crippen molar-refractivity contribution in [2.45, 2.75) is 38.8 Å². The lowest BCUT2D eigenvalue weighted by atomic mass is 10.00. The van der Waals surface area contributed by atoms with Crippen molar-refractivity contribution in [3.63, 3.8) is 0 Å². The van der Waals surface area contributed by atoms with Gasteiger partial charge in [0.1, 0.15) is 5.52 Å². The van der Waals surface area contributed by atoms with Gasteiger partial charge in [-0.05, 0) is 38.3 Å². The van der Waals surface area contributed by atoms with Crippen LogP contribution in [0.15, 0.2) is 61.2 Å². The molecule has 0 spiro atoms. The van der Waals surface area contributed by atoms with Crippen LogP contribution in [0.5, 0.6) is 0 Å². The van der Waals surface area contributed by atoms with Gasteiger partial charge in [-0.1, -0.05) is 30.3 Å². The molecule has 5 aromatic rings. The summed E-state index contributed by atoms with van der Waals surface area (Å²) in [6.07, 6.45) is 10.1. The molecule has 0 unspecified atom stereocenters. The van der Waals surface area contributed by atoms with E-state index >= 15 is 0 Å². The Hall–Kier alpha value is -3.98. The molecule has 1 fully saturated rings. The predicted molar refractivity (Wildman–Crippen MR) is 144 cm³/mol. The van der Waals surface area contributed by atoms with E-state index in [-0.39, 0.29) is 12.1 Å². The SMILES string of the molecule is CO[C@@H]1CCCN(c2nc(-c3nccn3C)nn3cc(-c4ccn(C(C)C)n4)c(-c4ccccc4)c23)C1. The molecule has 37 heavy (non-hydrogen) atoms. The lowest BCUT2D eigenvalue weighted by Gasteiger charge is -2.33. The highest BCUT2D eigenvalue weighted by molar-refractivity contribution is 5.98. The summed E-state index contributed by atoms with van der Waals surface area (Å²) >= 11 is 0. The van der Waals surface area contributed by atoms with Crippen LogP contribution in [0.4, 0.5) is 5.82 Å². The van der Waals surface area contributed by atoms with Gasteiger partial charge in [0.25, 0.3) is 0 Å². The maximum Gasteiger partial charge on any atom is 0.218 e. The number of imidazole rings is 1. The molecule has 0 amide bonds. The fourth-order valence-electron chi connectivity index (χ4n) is 5.14. The van der Waals surface area contributed by atoms with Gasteiger partial charge in [0.15, 0.2) is 11.6 Å². The van der Waals surface area contributed by atoms with E-state index in [0.717, 1.165) is 65.5 Å². The summed E-state index contributed by atoms with van der Waals surface area (Å²) in [6, 6.07) is 12.8. The second kappa shape index (κ2) is 9.48. The molecule has 1 aliphatic heterocycles. The fourth-order valence-corrected chi connectivity index (χ4v) is 5.14. The number of rotatable bonds is 6. The summed E-state index contributed by atoms with van der Waals surface area (Å²) in [5.41, 5.74) is 5.09. The Kier molecular flexibility index (Phi) is 6.00. The van der Waals surface area contributed by atoms with E-state index in [2.05, 4.69) is 60.3 Å². The van der Waals surface area contributed by atoms with Crippen molar-refractivity contribution in [3.8, 4) is 34.0 Å². The van der Waals surface area contributed by atoms with Gasteiger partial charge >= 0.3 is 0 Å². The molecule has 1 aromatic carbocycles. The molecule has 4 aromatic heterocycles. The molecule has 190 valence electrons. The fraction of sp³-hybridized carbons (Fsp3) is 0.357. The summed E-state index contributed by atoms with van der Waals surface area (Å²) in [5, 5.41) is 9.90. The molecule has 1 saturated heterocycles. The summed E-state index contributed by atoms with van der Waals surface area (Å²) in [6.45, 7) is 5.95. The van der Waals surface area contributed by atoms with Crippen LogP contribution in [0.3, 0.4) is 0 Å². The van der Waals surface area contributed by atoms with E-state index < -0.39 is 0 Å². The molecular formula is C28H32N8O. The third-order valence-electron chi connectivity index (χ3n) is 7.12. The molecule has 0 N–H and O–H groups in total. The molecule has 5 heterocycles. The van der Waals surface area contributed by atoms with Crippen molar-refractivity contribution in [3.05, 3.63) is 61.2 Å². The Morgan fingerprint density at radius 1 is 1.05 bits per heavy atom. The normalized spacial score (nSPS) is 16.2. The number of benzene rings is 1. The first-order valence-corrected chi connectivity index (χ1v) is 12.8. The summed E-state index contributed by atoms with van der Waals surface area (Å²) in [4.78, 5) is 12.0. The summed E-state index contributed by atoms with van der Waals surface area (Å²) in [7, 11) is 3.76. The number of methoxy groups -OCH3 is 1. The predicted octanol–water partition coefficient (Wildman–Crippen LogP) is 4.86. The Morgan fingerprint density at radius 2 is 1.89 bits per heavy atom. The van der Waals surface area contributed by atoms with Crippen molar-refractivity contribution in [2.24, 2.45) is 7.05 Å². The Bertz CT molecular complexity index is 1530. The van der Waals surface area contributed by atoms with Gasteiger partial charge in [0.2, 0.25) is 5.82 Å². The van der Waals surface area contributed by atoms with Crippen LogP contribution in [0.25, 0.3) is 39.5 Å². The van der Waals surface area contributed by atoms with Crippen LogP contribution in [0, 0.1) is 0 Å². The van der Waals surface area contributed by atoms with Crippen LogP contribution >= 0.6 is 0 Å². The number of hydrogen-bond donors (Lipinski definition) is 0. The van der Waals surface area contributed by atoms with Crippen LogP contribution < -0.4 is 4.90 Å². The minimum absolute atomic E-state index is 0.164. The number of nitrogens with zero attached hydrogens (tertiary/aromatic N) is 8. The summed E-state index contributed by atoms with van der Waals surface area (Å²) in [5.74, 6) is 2.20. The van der Waals surface area contributed by atoms with E-state index in [1.54, 1.807) is 13.3 Å². The van der Waals surface area contributed by atoms with Crippen LogP contribution in [-0.2, 0) is 11.8 Å². The van der Waals surface area contributed by atoms with E-state index in [1.165, 1.54) is 0 Å². The molecule has 9 heteroatoms. The molecule has 0 aliphatic carbocycles. The number of aryl methyl sites for hydroxylation is 1. The number of anilines is 1. The highest BCUT2D eigenvalue weighted by atomic mass is 16.5. The van der Waals surface area contributed by atoms with Gasteiger partial charge < -0.3 is 14.2 Å². The average Bonchev–Trinajstić information content (AvgIpc) is 3.66. The number of ether oxygens (including phenoxy) is 1. The largest absolute Gasteiger partial charge is 0.380 e. The Balaban J connectivity index is 1.65. The molecule has 0 bridgehead atoms. The van der Waals surface area contributed by atoms with Crippen LogP contribution in [-0.4, -0.2) is 60.2 Å². The van der Waals surface area contributed by atoms with E-state index in [0.29, 0.717) is 5.82 Å². The van der Waals surface area contributed by atoms with Gasteiger partial charge in [-0.3, -0.25) is 4.68 Å². The first-order chi connectivity index (χ1) is 18.0. The third-order valence-corrected chi connectivity index (χ3v) is 7.12. The second-order valence-corrected chi connectivity index (χ2v) is 9.92. The quantitative estimate of drug-likeness (QED) is 0.334. The maximum absolute atomic E-state index is 5.77. The zero-order valence-corrected chi connectivity index (χ0v) is 21.7. The first kappa shape index (κ1) is 23.4. The number of fused-ring (bicyclic) bond motifs is 1. The Morgan fingerprint density at radius 3 is 2.59 bits per heavy atom. The zero-order valence-electron chi connectivity index (χ0n) is 21.7. The van der Waals surface area contributed by atoms with Crippen LogP contribution in [0.1, 0.15) is 32.7 Å². The molecule has 1 atom stereocenters. The van der Waals surface area contributed by atoms with E-state index in [9.17, 15) is 0 Å². The minimum atomic E-state index is 0.164. The monoisotopic (exact) mass is 496 g/mol.